The predicted molar refractivity (Wildman–Crippen MR) is 92.3 cm³/mol. The Balaban J connectivity index is 1.49. The van der Waals surface area contributed by atoms with E-state index < -0.39 is 0 Å². The van der Waals surface area contributed by atoms with Gasteiger partial charge in [0, 0.05) is 23.6 Å². The van der Waals surface area contributed by atoms with Crippen LogP contribution in [-0.4, -0.2) is 18.6 Å². The first-order valence-electron chi connectivity index (χ1n) is 8.61. The predicted octanol–water partition coefficient (Wildman–Crippen LogP) is 4.48. The fraction of sp³-hybridized carbons (Fsp3) is 0.579. The number of rotatable bonds is 6. The fourth-order valence-corrected chi connectivity index (χ4v) is 3.58. The molecule has 22 heavy (non-hydrogen) atoms. The molecule has 1 heterocycles. The average Bonchev–Trinajstić information content (AvgIpc) is 2.95. The molecule has 0 aliphatic heterocycles. The van der Waals surface area contributed by atoms with E-state index in [9.17, 15) is 0 Å². The molecule has 0 radical (unpaired) electrons. The molecule has 2 aromatic rings. The van der Waals surface area contributed by atoms with Gasteiger partial charge in [-0.15, -0.1) is 0 Å². The van der Waals surface area contributed by atoms with Crippen LogP contribution in [0.5, 0.6) is 5.75 Å². The van der Waals surface area contributed by atoms with Crippen molar-refractivity contribution in [3.8, 4) is 5.75 Å². The normalized spacial score (nSPS) is 22.1. The number of benzene rings is 1. The van der Waals surface area contributed by atoms with E-state index in [-0.39, 0.29) is 0 Å². The average molecular weight is 300 g/mol. The molecule has 2 N–H and O–H groups in total. The first-order chi connectivity index (χ1) is 10.8. The molecule has 3 heteroatoms. The van der Waals surface area contributed by atoms with Crippen molar-refractivity contribution in [1.29, 1.82) is 0 Å². The van der Waals surface area contributed by atoms with Crippen LogP contribution in [0.3, 0.4) is 0 Å². The summed E-state index contributed by atoms with van der Waals surface area (Å²) < 4.78 is 5.33. The van der Waals surface area contributed by atoms with Crippen molar-refractivity contribution in [2.24, 2.45) is 11.8 Å². The standard InChI is InChI=1S/C19H28N2O/c1-14-3-5-15(6-4-14)9-10-20-12-16-13-21-19-8-7-17(22-2)11-18(16)19/h7-8,11,13-15,20-21H,3-6,9-10,12H2,1-2H3. The van der Waals surface area contributed by atoms with Gasteiger partial charge in [0.05, 0.1) is 7.11 Å². The molecule has 120 valence electrons. The number of hydrogen-bond donors (Lipinski definition) is 2. The van der Waals surface area contributed by atoms with Crippen LogP contribution in [0.1, 0.15) is 44.6 Å². The van der Waals surface area contributed by atoms with Crippen LogP contribution in [0.15, 0.2) is 24.4 Å². The van der Waals surface area contributed by atoms with E-state index in [1.54, 1.807) is 7.11 Å². The van der Waals surface area contributed by atoms with Crippen LogP contribution >= 0.6 is 0 Å². The van der Waals surface area contributed by atoms with E-state index in [0.29, 0.717) is 0 Å². The van der Waals surface area contributed by atoms with Crippen LogP contribution in [0.25, 0.3) is 10.9 Å². The summed E-state index contributed by atoms with van der Waals surface area (Å²) in [7, 11) is 1.72. The highest BCUT2D eigenvalue weighted by Gasteiger charge is 2.17. The topological polar surface area (TPSA) is 37.0 Å². The lowest BCUT2D eigenvalue weighted by Gasteiger charge is -2.26. The number of nitrogens with one attached hydrogen (secondary N) is 2. The Labute approximate surface area is 133 Å². The lowest BCUT2D eigenvalue weighted by atomic mass is 9.81. The minimum Gasteiger partial charge on any atom is -0.497 e. The maximum absolute atomic E-state index is 5.33. The highest BCUT2D eigenvalue weighted by Crippen LogP contribution is 2.30. The first-order valence-corrected chi connectivity index (χ1v) is 8.61. The molecule has 1 aliphatic rings. The second kappa shape index (κ2) is 7.19. The van der Waals surface area contributed by atoms with E-state index in [1.807, 2.05) is 6.07 Å². The molecule has 0 amide bonds. The van der Waals surface area contributed by atoms with Crippen LogP contribution in [0.2, 0.25) is 0 Å². The van der Waals surface area contributed by atoms with E-state index >= 15 is 0 Å². The third-order valence-electron chi connectivity index (χ3n) is 5.15. The third kappa shape index (κ3) is 3.64. The Morgan fingerprint density at radius 2 is 2.05 bits per heavy atom. The third-order valence-corrected chi connectivity index (χ3v) is 5.15. The van der Waals surface area contributed by atoms with Gasteiger partial charge in [-0.05, 0) is 48.6 Å². The van der Waals surface area contributed by atoms with Gasteiger partial charge in [-0.2, -0.15) is 0 Å². The van der Waals surface area contributed by atoms with E-state index in [2.05, 4.69) is 35.6 Å². The van der Waals surface area contributed by atoms with Gasteiger partial charge in [-0.25, -0.2) is 0 Å². The zero-order valence-corrected chi connectivity index (χ0v) is 13.8. The lowest BCUT2D eigenvalue weighted by Crippen LogP contribution is -2.20. The maximum atomic E-state index is 5.33. The summed E-state index contributed by atoms with van der Waals surface area (Å²) in [5, 5.41) is 4.88. The summed E-state index contributed by atoms with van der Waals surface area (Å²) in [6.07, 6.45) is 9.12. The molecular formula is C19H28N2O. The minimum absolute atomic E-state index is 0.921. The molecule has 1 aromatic heterocycles. The van der Waals surface area contributed by atoms with Crippen molar-refractivity contribution >= 4 is 10.9 Å². The highest BCUT2D eigenvalue weighted by atomic mass is 16.5. The van der Waals surface area contributed by atoms with Crippen molar-refractivity contribution in [2.45, 2.75) is 45.6 Å². The lowest BCUT2D eigenvalue weighted by molar-refractivity contribution is 0.275. The summed E-state index contributed by atoms with van der Waals surface area (Å²) in [5.41, 5.74) is 2.50. The number of hydrogen-bond acceptors (Lipinski definition) is 2. The van der Waals surface area contributed by atoms with Gasteiger partial charge in [-0.3, -0.25) is 0 Å². The second-order valence-corrected chi connectivity index (χ2v) is 6.82. The van der Waals surface area contributed by atoms with Crippen LogP contribution in [-0.2, 0) is 6.54 Å². The van der Waals surface area contributed by atoms with Crippen molar-refractivity contribution in [2.75, 3.05) is 13.7 Å². The number of methoxy groups -OCH3 is 1. The number of fused-ring (bicyclic) bond motifs is 1. The molecule has 1 aromatic carbocycles. The number of aromatic amines is 1. The highest BCUT2D eigenvalue weighted by molar-refractivity contribution is 5.84. The van der Waals surface area contributed by atoms with Crippen molar-refractivity contribution in [3.05, 3.63) is 30.0 Å². The van der Waals surface area contributed by atoms with Crippen molar-refractivity contribution in [1.82, 2.24) is 10.3 Å². The first kappa shape index (κ1) is 15.4. The van der Waals surface area contributed by atoms with Crippen LogP contribution in [0, 0.1) is 11.8 Å². The molecule has 1 saturated carbocycles. The SMILES string of the molecule is COc1ccc2[nH]cc(CNCCC3CCC(C)CC3)c2c1. The van der Waals surface area contributed by atoms with Crippen LogP contribution < -0.4 is 10.1 Å². The van der Waals surface area contributed by atoms with Gasteiger partial charge < -0.3 is 15.0 Å². The molecule has 1 fully saturated rings. The molecule has 0 bridgehead atoms. The van der Waals surface area contributed by atoms with Crippen molar-refractivity contribution in [3.63, 3.8) is 0 Å². The zero-order chi connectivity index (χ0) is 15.4. The fourth-order valence-electron chi connectivity index (χ4n) is 3.58. The van der Waals surface area contributed by atoms with Gasteiger partial charge in [0.25, 0.3) is 0 Å². The van der Waals surface area contributed by atoms with E-state index in [0.717, 1.165) is 30.7 Å². The van der Waals surface area contributed by atoms with Crippen molar-refractivity contribution < 1.29 is 4.74 Å². The molecule has 3 rings (SSSR count). The van der Waals surface area contributed by atoms with Gasteiger partial charge in [-0.1, -0.05) is 32.6 Å². The Hall–Kier alpha value is -1.48. The summed E-state index contributed by atoms with van der Waals surface area (Å²) in [5.74, 6) is 2.81. The van der Waals surface area contributed by atoms with E-state index in [4.69, 9.17) is 4.74 Å². The van der Waals surface area contributed by atoms with Gasteiger partial charge in [0.15, 0.2) is 0 Å². The number of aromatic nitrogens is 1. The van der Waals surface area contributed by atoms with E-state index in [1.165, 1.54) is 48.6 Å². The van der Waals surface area contributed by atoms with Crippen LogP contribution in [0.4, 0.5) is 0 Å². The summed E-state index contributed by atoms with van der Waals surface area (Å²) in [6, 6.07) is 6.20. The largest absolute Gasteiger partial charge is 0.497 e. The number of H-pyrrole nitrogens is 1. The zero-order valence-electron chi connectivity index (χ0n) is 13.8. The van der Waals surface area contributed by atoms with Gasteiger partial charge >= 0.3 is 0 Å². The molecule has 3 nitrogen and oxygen atoms in total. The Kier molecular flexibility index (Phi) is 5.04. The molecule has 0 atom stereocenters. The van der Waals surface area contributed by atoms with Gasteiger partial charge in [0.1, 0.15) is 5.75 Å². The maximum Gasteiger partial charge on any atom is 0.119 e. The molecule has 0 unspecified atom stereocenters. The van der Waals surface area contributed by atoms with Gasteiger partial charge in [0.2, 0.25) is 0 Å². The minimum atomic E-state index is 0.921. The molecule has 0 spiro atoms. The molecular weight excluding hydrogens is 272 g/mol. The summed E-state index contributed by atoms with van der Waals surface area (Å²) in [6.45, 7) is 4.44. The summed E-state index contributed by atoms with van der Waals surface area (Å²) >= 11 is 0. The number of ether oxygens (including phenoxy) is 1. The smallest absolute Gasteiger partial charge is 0.119 e. The quantitative estimate of drug-likeness (QED) is 0.772. The Bertz CT molecular complexity index is 597. The second-order valence-electron chi connectivity index (χ2n) is 6.82. The Morgan fingerprint density at radius 3 is 2.82 bits per heavy atom. The monoisotopic (exact) mass is 300 g/mol. The summed E-state index contributed by atoms with van der Waals surface area (Å²) in [4.78, 5) is 3.34. The Morgan fingerprint density at radius 1 is 1.23 bits per heavy atom. The molecule has 0 saturated heterocycles. The molecule has 1 aliphatic carbocycles.